The van der Waals surface area contributed by atoms with E-state index in [9.17, 15) is 14.7 Å². The number of carbonyl (C=O) groups excluding carboxylic acids is 1. The normalized spacial score (nSPS) is 25.1. The lowest BCUT2D eigenvalue weighted by molar-refractivity contribution is -0.139. The van der Waals surface area contributed by atoms with Crippen molar-refractivity contribution in [3.05, 3.63) is 77.4 Å². The highest BCUT2D eigenvalue weighted by Gasteiger charge is 2.45. The third kappa shape index (κ3) is 3.02. The zero-order valence-corrected chi connectivity index (χ0v) is 18.8. The van der Waals surface area contributed by atoms with Crippen LogP contribution in [0, 0.1) is 0 Å². The molecule has 2 atom stereocenters. The lowest BCUT2D eigenvalue weighted by Gasteiger charge is -2.45. The van der Waals surface area contributed by atoms with Crippen LogP contribution in [0.25, 0.3) is 10.8 Å². The molecule has 0 spiro atoms. The minimum Gasteiger partial charge on any atom is -0.481 e. The maximum absolute atomic E-state index is 13.3. The van der Waals surface area contributed by atoms with Gasteiger partial charge in [0.05, 0.1) is 12.3 Å². The van der Waals surface area contributed by atoms with E-state index in [1.54, 1.807) is 0 Å². The predicted octanol–water partition coefficient (Wildman–Crippen LogP) is 4.68. The number of aliphatic carboxylic acids is 1. The van der Waals surface area contributed by atoms with Crippen molar-refractivity contribution < 1.29 is 14.7 Å². The Morgan fingerprint density at radius 2 is 1.76 bits per heavy atom. The Morgan fingerprint density at radius 1 is 1.03 bits per heavy atom. The zero-order chi connectivity index (χ0) is 22.7. The molecule has 5 nitrogen and oxygen atoms in total. The first-order chi connectivity index (χ1) is 16.0. The highest BCUT2D eigenvalue weighted by molar-refractivity contribution is 6.06. The molecule has 1 saturated heterocycles. The summed E-state index contributed by atoms with van der Waals surface area (Å²) in [6.07, 6.45) is 2.65. The molecule has 3 aromatic rings. The number of nitrogens with zero attached hydrogens (tertiary/aromatic N) is 2. The number of piperidine rings is 1. The molecule has 1 N–H and O–H groups in total. The van der Waals surface area contributed by atoms with Crippen molar-refractivity contribution in [1.82, 2.24) is 4.90 Å². The molecule has 1 fully saturated rings. The van der Waals surface area contributed by atoms with Gasteiger partial charge in [-0.1, -0.05) is 54.6 Å². The summed E-state index contributed by atoms with van der Waals surface area (Å²) in [5.74, 6) is -1.56. The molecule has 0 saturated carbocycles. The third-order valence-corrected chi connectivity index (χ3v) is 8.12. The van der Waals surface area contributed by atoms with Crippen LogP contribution >= 0.6 is 0 Å². The number of likely N-dealkylation sites (tertiary alicyclic amines) is 1. The number of para-hydroxylation sites is 1. The minimum atomic E-state index is -0.928. The molecule has 5 heteroatoms. The largest absolute Gasteiger partial charge is 0.481 e. The fourth-order valence-corrected chi connectivity index (χ4v) is 6.55. The molecule has 0 bridgehead atoms. The maximum Gasteiger partial charge on any atom is 0.304 e. The van der Waals surface area contributed by atoms with Gasteiger partial charge in [0, 0.05) is 30.4 Å². The van der Waals surface area contributed by atoms with E-state index in [-0.39, 0.29) is 23.9 Å². The number of carboxylic acid groups (broad SMARTS) is 1. The molecule has 3 aromatic carbocycles. The molecule has 2 unspecified atom stereocenters. The van der Waals surface area contributed by atoms with E-state index in [0.717, 1.165) is 43.6 Å². The zero-order valence-electron chi connectivity index (χ0n) is 18.8. The van der Waals surface area contributed by atoms with Crippen molar-refractivity contribution in [2.75, 3.05) is 18.0 Å². The lowest BCUT2D eigenvalue weighted by atomic mass is 9.88. The van der Waals surface area contributed by atoms with E-state index in [1.165, 1.54) is 21.9 Å². The van der Waals surface area contributed by atoms with E-state index in [1.807, 2.05) is 29.2 Å². The Morgan fingerprint density at radius 3 is 2.52 bits per heavy atom. The maximum atomic E-state index is 13.3. The first-order valence-corrected chi connectivity index (χ1v) is 11.9. The Balaban J connectivity index is 1.25. The highest BCUT2D eigenvalue weighted by Crippen LogP contribution is 2.47. The summed E-state index contributed by atoms with van der Waals surface area (Å²) in [5.41, 5.74) is 4.56. The average molecular weight is 441 g/mol. The van der Waals surface area contributed by atoms with Gasteiger partial charge in [0.1, 0.15) is 0 Å². The molecule has 1 aliphatic carbocycles. The number of hydrogen-bond donors (Lipinski definition) is 1. The minimum absolute atomic E-state index is 0.0348. The van der Waals surface area contributed by atoms with Gasteiger partial charge in [-0.15, -0.1) is 0 Å². The van der Waals surface area contributed by atoms with Gasteiger partial charge in [0.25, 0.3) is 0 Å². The quantitative estimate of drug-likeness (QED) is 0.640. The summed E-state index contributed by atoms with van der Waals surface area (Å²) >= 11 is 0. The van der Waals surface area contributed by atoms with Gasteiger partial charge in [0.2, 0.25) is 5.91 Å². The van der Waals surface area contributed by atoms with Crippen LogP contribution in [-0.4, -0.2) is 41.0 Å². The van der Waals surface area contributed by atoms with Gasteiger partial charge in [-0.25, -0.2) is 0 Å². The fraction of sp³-hybridized carbons (Fsp3) is 0.357. The number of rotatable bonds is 4. The van der Waals surface area contributed by atoms with E-state index < -0.39 is 11.9 Å². The van der Waals surface area contributed by atoms with Crippen LogP contribution in [0.3, 0.4) is 0 Å². The first kappa shape index (κ1) is 20.4. The summed E-state index contributed by atoms with van der Waals surface area (Å²) in [5, 5.41) is 12.1. The monoisotopic (exact) mass is 440 g/mol. The van der Waals surface area contributed by atoms with Crippen LogP contribution in [-0.2, 0) is 21.5 Å². The van der Waals surface area contributed by atoms with Crippen molar-refractivity contribution in [3.8, 4) is 0 Å². The molecule has 2 aliphatic heterocycles. The molecule has 2 heterocycles. The highest BCUT2D eigenvalue weighted by atomic mass is 16.4. The lowest BCUT2D eigenvalue weighted by Crippen LogP contribution is -2.52. The van der Waals surface area contributed by atoms with E-state index in [0.29, 0.717) is 0 Å². The summed E-state index contributed by atoms with van der Waals surface area (Å²) in [6.45, 7) is 4.20. The Labute approximate surface area is 193 Å². The number of hydrogen-bond acceptors (Lipinski definition) is 3. The third-order valence-electron chi connectivity index (χ3n) is 8.12. The van der Waals surface area contributed by atoms with E-state index in [2.05, 4.69) is 48.2 Å². The number of carbonyl (C=O) groups is 2. The summed E-state index contributed by atoms with van der Waals surface area (Å²) in [4.78, 5) is 29.2. The van der Waals surface area contributed by atoms with Crippen LogP contribution in [0.1, 0.15) is 48.8 Å². The van der Waals surface area contributed by atoms with Gasteiger partial charge >= 0.3 is 5.97 Å². The fourth-order valence-electron chi connectivity index (χ4n) is 6.55. The molecule has 3 aliphatic rings. The predicted molar refractivity (Wildman–Crippen MR) is 129 cm³/mol. The van der Waals surface area contributed by atoms with Gasteiger partial charge in [-0.2, -0.15) is 0 Å². The van der Waals surface area contributed by atoms with Crippen molar-refractivity contribution in [2.45, 2.75) is 50.1 Å². The molecule has 1 amide bonds. The summed E-state index contributed by atoms with van der Waals surface area (Å²) < 4.78 is 0. The average Bonchev–Trinajstić information content (AvgIpc) is 3.27. The van der Waals surface area contributed by atoms with Crippen LogP contribution in [0.2, 0.25) is 0 Å². The van der Waals surface area contributed by atoms with Gasteiger partial charge in [0.15, 0.2) is 0 Å². The van der Waals surface area contributed by atoms with Crippen LogP contribution in [0.5, 0.6) is 0 Å². The second-order valence-corrected chi connectivity index (χ2v) is 9.91. The van der Waals surface area contributed by atoms with Crippen molar-refractivity contribution >= 4 is 28.3 Å². The number of carboxylic acids is 1. The number of benzene rings is 3. The molecule has 6 rings (SSSR count). The van der Waals surface area contributed by atoms with E-state index >= 15 is 0 Å². The second-order valence-electron chi connectivity index (χ2n) is 9.91. The SMILES string of the molecule is CC1(N2CCC(N3C(=O)C(CC(=O)O)c4ccccc43)CC2)Cc2cccc3cccc1c23. The molecule has 0 radical (unpaired) electrons. The molecule has 0 aromatic heterocycles. The van der Waals surface area contributed by atoms with Crippen LogP contribution < -0.4 is 4.90 Å². The molecule has 168 valence electrons. The van der Waals surface area contributed by atoms with E-state index in [4.69, 9.17) is 0 Å². The summed E-state index contributed by atoms with van der Waals surface area (Å²) in [7, 11) is 0. The Bertz CT molecular complexity index is 1270. The second kappa shape index (κ2) is 7.42. The number of amides is 1. The molecular weight excluding hydrogens is 412 g/mol. The van der Waals surface area contributed by atoms with Crippen molar-refractivity contribution in [2.24, 2.45) is 0 Å². The van der Waals surface area contributed by atoms with Gasteiger partial charge < -0.3 is 10.0 Å². The van der Waals surface area contributed by atoms with Crippen LogP contribution in [0.15, 0.2) is 60.7 Å². The van der Waals surface area contributed by atoms with Crippen molar-refractivity contribution in [3.63, 3.8) is 0 Å². The number of anilines is 1. The molecule has 33 heavy (non-hydrogen) atoms. The molecular formula is C28H28N2O3. The summed E-state index contributed by atoms with van der Waals surface area (Å²) in [6, 6.07) is 21.1. The smallest absolute Gasteiger partial charge is 0.304 e. The number of fused-ring (bicyclic) bond motifs is 1. The van der Waals surface area contributed by atoms with Crippen LogP contribution in [0.4, 0.5) is 5.69 Å². The standard InChI is InChI=1S/C28H28N2O3/c1-28(17-19-8-4-6-18-7-5-10-23(28)26(18)19)29-14-12-20(13-15-29)30-24-11-3-2-9-21(24)22(27(30)33)16-25(31)32/h2-11,20,22H,12-17H2,1H3,(H,31,32). The van der Waals surface area contributed by atoms with Gasteiger partial charge in [-0.3, -0.25) is 14.5 Å². The Kier molecular flexibility index (Phi) is 4.59. The first-order valence-electron chi connectivity index (χ1n) is 11.9. The Hall–Kier alpha value is -3.18. The van der Waals surface area contributed by atoms with Crippen molar-refractivity contribution in [1.29, 1.82) is 0 Å². The van der Waals surface area contributed by atoms with Gasteiger partial charge in [-0.05, 0) is 59.7 Å². The topological polar surface area (TPSA) is 60.9 Å².